The molecule has 2 aliphatic heterocycles. The first kappa shape index (κ1) is 34.1. The molecular formula is C35H44O7P2S2. The third-order valence-corrected chi connectivity index (χ3v) is 13.3. The molecule has 6 rings (SSSR count). The van der Waals surface area contributed by atoms with Crippen LogP contribution in [0.5, 0.6) is 11.5 Å². The summed E-state index contributed by atoms with van der Waals surface area (Å²) in [7, 11) is -5.67. The zero-order valence-electron chi connectivity index (χ0n) is 26.9. The predicted octanol–water partition coefficient (Wildman–Crippen LogP) is 12.0. The van der Waals surface area contributed by atoms with Gasteiger partial charge in [0.1, 0.15) is 23.7 Å². The quantitative estimate of drug-likeness (QED) is 0.106. The van der Waals surface area contributed by atoms with Gasteiger partial charge in [-0.1, -0.05) is 55.7 Å². The average Bonchev–Trinajstić information content (AvgIpc) is 3.77. The maximum atomic E-state index is 14.3. The Morgan fingerprint density at radius 3 is 2.50 bits per heavy atom. The summed E-state index contributed by atoms with van der Waals surface area (Å²) in [5, 5.41) is 4.06. The van der Waals surface area contributed by atoms with Gasteiger partial charge in [-0.25, -0.2) is 4.57 Å². The lowest BCUT2D eigenvalue weighted by Crippen LogP contribution is -2.20. The van der Waals surface area contributed by atoms with Crippen LogP contribution in [0.2, 0.25) is 0 Å². The van der Waals surface area contributed by atoms with Crippen LogP contribution in [0.4, 0.5) is 0 Å². The van der Waals surface area contributed by atoms with Gasteiger partial charge in [0, 0.05) is 34.1 Å². The molecule has 0 radical (unpaired) electrons. The molecule has 2 saturated heterocycles. The van der Waals surface area contributed by atoms with Crippen molar-refractivity contribution in [3.8, 4) is 11.5 Å². The second kappa shape index (κ2) is 15.6. The molecule has 3 aromatic rings. The SMILES string of the molecule is C=C(C)C1CCC(C)=CC1c1c(OP2OCCC(c3cccs3)O2)cc(CCCCC)cc1OP1(=O)OCCC(c2cccs2)O1. The summed E-state index contributed by atoms with van der Waals surface area (Å²) in [6.07, 6.45) is 9.22. The highest BCUT2D eigenvalue weighted by atomic mass is 32.1. The summed E-state index contributed by atoms with van der Waals surface area (Å²) in [6, 6.07) is 12.2. The molecule has 0 bridgehead atoms. The second-order valence-corrected chi connectivity index (χ2v) is 16.9. The smallest absolute Gasteiger partial charge is 0.426 e. The summed E-state index contributed by atoms with van der Waals surface area (Å²) in [6.45, 7) is 11.6. The van der Waals surface area contributed by atoms with Crippen molar-refractivity contribution >= 4 is 39.1 Å². The molecule has 11 heteroatoms. The second-order valence-electron chi connectivity index (χ2n) is 12.3. The number of allylic oxidation sites excluding steroid dienone is 3. The first-order valence-electron chi connectivity index (χ1n) is 16.3. The van der Waals surface area contributed by atoms with Crippen LogP contribution in [0.1, 0.15) is 105 Å². The van der Waals surface area contributed by atoms with Crippen LogP contribution in [0.15, 0.2) is 71.0 Å². The van der Waals surface area contributed by atoms with E-state index >= 15 is 0 Å². The van der Waals surface area contributed by atoms with Crippen LogP contribution in [0, 0.1) is 5.92 Å². The van der Waals surface area contributed by atoms with Gasteiger partial charge in [0.15, 0.2) is 0 Å². The van der Waals surface area contributed by atoms with E-state index in [2.05, 4.69) is 50.9 Å². The van der Waals surface area contributed by atoms with Crippen LogP contribution in [0.3, 0.4) is 0 Å². The summed E-state index contributed by atoms with van der Waals surface area (Å²) in [5.41, 5.74) is 4.21. The molecule has 0 amide bonds. The zero-order chi connectivity index (χ0) is 32.1. The van der Waals surface area contributed by atoms with Crippen LogP contribution in [-0.4, -0.2) is 13.2 Å². The minimum Gasteiger partial charge on any atom is -0.426 e. The fourth-order valence-electron chi connectivity index (χ4n) is 6.33. The Morgan fingerprint density at radius 2 is 1.78 bits per heavy atom. The van der Waals surface area contributed by atoms with Gasteiger partial charge in [0.05, 0.1) is 13.2 Å². The predicted molar refractivity (Wildman–Crippen MR) is 187 cm³/mol. The fraction of sp³-hybridized carbons (Fsp3) is 0.486. The van der Waals surface area contributed by atoms with Crippen LogP contribution in [-0.2, 0) is 29.1 Å². The van der Waals surface area contributed by atoms with Gasteiger partial charge in [0.25, 0.3) is 0 Å². The lowest BCUT2D eigenvalue weighted by atomic mass is 9.73. The molecule has 0 spiro atoms. The van der Waals surface area contributed by atoms with Gasteiger partial charge >= 0.3 is 16.4 Å². The Kier molecular flexibility index (Phi) is 11.6. The minimum absolute atomic E-state index is 0.0826. The van der Waals surface area contributed by atoms with Crippen molar-refractivity contribution in [2.24, 2.45) is 5.92 Å². The Morgan fingerprint density at radius 1 is 1.04 bits per heavy atom. The van der Waals surface area contributed by atoms with Gasteiger partial charge in [0.2, 0.25) is 0 Å². The fourth-order valence-corrected chi connectivity index (χ4v) is 10.6. The van der Waals surface area contributed by atoms with E-state index in [0.29, 0.717) is 24.5 Å². The van der Waals surface area contributed by atoms with E-state index in [-0.39, 0.29) is 30.7 Å². The van der Waals surface area contributed by atoms with Gasteiger partial charge in [-0.3, -0.25) is 13.6 Å². The zero-order valence-corrected chi connectivity index (χ0v) is 30.3. The van der Waals surface area contributed by atoms with Crippen molar-refractivity contribution in [2.75, 3.05) is 13.2 Å². The van der Waals surface area contributed by atoms with E-state index < -0.39 is 16.4 Å². The van der Waals surface area contributed by atoms with Crippen LogP contribution >= 0.6 is 39.1 Å². The molecular weight excluding hydrogens is 658 g/mol. The summed E-state index contributed by atoms with van der Waals surface area (Å²) in [4.78, 5) is 2.17. The maximum absolute atomic E-state index is 14.3. The van der Waals surface area contributed by atoms with Gasteiger partial charge < -0.3 is 13.6 Å². The molecule has 2 fully saturated rings. The molecule has 6 unspecified atom stereocenters. The Hall–Kier alpha value is -1.80. The van der Waals surface area contributed by atoms with E-state index in [1.54, 1.807) is 22.7 Å². The molecule has 3 aliphatic rings. The van der Waals surface area contributed by atoms with Crippen molar-refractivity contribution in [3.05, 3.63) is 91.8 Å². The monoisotopic (exact) mass is 702 g/mol. The third-order valence-electron chi connectivity index (χ3n) is 8.73. The van der Waals surface area contributed by atoms with Crippen molar-refractivity contribution in [1.29, 1.82) is 0 Å². The summed E-state index contributed by atoms with van der Waals surface area (Å²) >= 11 is 3.26. The van der Waals surface area contributed by atoms with Crippen molar-refractivity contribution in [3.63, 3.8) is 0 Å². The summed E-state index contributed by atoms with van der Waals surface area (Å²) in [5.74, 6) is 1.12. The topological polar surface area (TPSA) is 72.5 Å². The highest BCUT2D eigenvalue weighted by molar-refractivity contribution is 7.49. The molecule has 0 saturated carbocycles. The largest absolute Gasteiger partial charge is 0.530 e. The lowest BCUT2D eigenvalue weighted by Gasteiger charge is -2.35. The van der Waals surface area contributed by atoms with Gasteiger partial charge in [-0.2, -0.15) is 0 Å². The van der Waals surface area contributed by atoms with Crippen LogP contribution in [0.25, 0.3) is 0 Å². The molecule has 46 heavy (non-hydrogen) atoms. The number of benzene rings is 1. The lowest BCUT2D eigenvalue weighted by molar-refractivity contribution is 0.0525. The molecule has 6 atom stereocenters. The normalized spacial score (nSPS) is 28.4. The van der Waals surface area contributed by atoms with Gasteiger partial charge in [-0.15, -0.1) is 22.7 Å². The van der Waals surface area contributed by atoms with Crippen LogP contribution < -0.4 is 9.05 Å². The van der Waals surface area contributed by atoms with E-state index in [4.69, 9.17) is 27.1 Å². The van der Waals surface area contributed by atoms with E-state index in [1.807, 2.05) is 29.6 Å². The number of aryl methyl sites for hydroxylation is 1. The molecule has 7 nitrogen and oxygen atoms in total. The molecule has 248 valence electrons. The molecule has 1 aliphatic carbocycles. The Bertz CT molecular complexity index is 1540. The highest BCUT2D eigenvalue weighted by Crippen LogP contribution is 2.60. The highest BCUT2D eigenvalue weighted by Gasteiger charge is 2.41. The number of phosphoric acid groups is 1. The first-order chi connectivity index (χ1) is 22.3. The molecule has 0 N–H and O–H groups in total. The molecule has 4 heterocycles. The molecule has 1 aromatic carbocycles. The Labute approximate surface area is 282 Å². The minimum atomic E-state index is -3.97. The van der Waals surface area contributed by atoms with Crippen molar-refractivity contribution in [2.45, 2.75) is 90.3 Å². The Balaban J connectivity index is 1.41. The third kappa shape index (κ3) is 8.25. The average molecular weight is 703 g/mol. The van der Waals surface area contributed by atoms with E-state index in [1.165, 1.54) is 5.57 Å². The number of hydrogen-bond donors (Lipinski definition) is 0. The number of thiophene rings is 2. The number of hydrogen-bond acceptors (Lipinski definition) is 9. The van der Waals surface area contributed by atoms with E-state index in [0.717, 1.165) is 71.4 Å². The number of rotatable bonds is 12. The number of unbranched alkanes of at least 4 members (excludes halogenated alkanes) is 2. The first-order valence-corrected chi connectivity index (χ1v) is 20.6. The van der Waals surface area contributed by atoms with E-state index in [9.17, 15) is 4.57 Å². The summed E-state index contributed by atoms with van der Waals surface area (Å²) < 4.78 is 52.0. The standard InChI is InChI=1S/C35H44O7P2S2/c1-5-6-7-10-26-22-31(40-43-37-17-15-29(39-43)33-11-8-19-45-33)35(28-21-25(4)13-14-27(28)24(2)3)32(23-26)42-44(36)38-18-16-30(41-44)34-12-9-20-46-34/h8-9,11-12,19-23,27-30H,2,5-7,10,13-18H2,1,3-4H3. The van der Waals surface area contributed by atoms with Gasteiger partial charge in [-0.05, 0) is 86.0 Å². The maximum Gasteiger partial charge on any atom is 0.530 e. The number of phosphoric ester groups is 1. The van der Waals surface area contributed by atoms with Crippen molar-refractivity contribution < 1.29 is 31.7 Å². The molecule has 2 aromatic heterocycles. The van der Waals surface area contributed by atoms with Crippen molar-refractivity contribution in [1.82, 2.24) is 0 Å².